The number of halogens is 1. The third kappa shape index (κ3) is 3.86. The van der Waals surface area contributed by atoms with Gasteiger partial charge >= 0.3 is 0 Å². The number of carbonyl (C=O) groups excluding carboxylic acids is 2. The highest BCUT2D eigenvalue weighted by molar-refractivity contribution is 6.30. The van der Waals surface area contributed by atoms with E-state index in [1.54, 1.807) is 53.1 Å². The molecule has 134 valence electrons. The lowest BCUT2D eigenvalue weighted by molar-refractivity contribution is 0.0950. The van der Waals surface area contributed by atoms with Gasteiger partial charge in [-0.2, -0.15) is 0 Å². The maximum atomic E-state index is 12.7. The number of imidazole rings is 1. The maximum Gasteiger partial charge on any atom is 0.292 e. The first-order valence-electron chi connectivity index (χ1n) is 8.42. The van der Waals surface area contributed by atoms with E-state index in [4.69, 9.17) is 11.6 Å². The van der Waals surface area contributed by atoms with Crippen LogP contribution in [-0.2, 0) is 0 Å². The van der Waals surface area contributed by atoms with Crippen LogP contribution < -0.4 is 10.6 Å². The monoisotopic (exact) mass is 370 g/mol. The van der Waals surface area contributed by atoms with Crippen molar-refractivity contribution in [2.45, 2.75) is 19.8 Å². The number of unbranched alkanes of at least 4 members (excludes halogenated alkanes) is 1. The maximum absolute atomic E-state index is 12.7. The van der Waals surface area contributed by atoms with Crippen molar-refractivity contribution in [2.75, 3.05) is 11.9 Å². The SMILES string of the molecule is CCCCNC(=O)c1nc(C(=O)Nc2ccc(Cl)cc2)n2ccccc12. The standard InChI is InChI=1S/C19H19ClN4O2/c1-2-3-11-21-18(25)16-15-6-4-5-12-24(15)17(23-16)19(26)22-14-9-7-13(20)8-10-14/h4-10,12H,2-3,11H2,1H3,(H,21,25)(H,22,26). The molecule has 3 rings (SSSR count). The van der Waals surface area contributed by atoms with E-state index in [0.717, 1.165) is 12.8 Å². The van der Waals surface area contributed by atoms with Crippen LogP contribution in [0.1, 0.15) is 40.9 Å². The quantitative estimate of drug-likeness (QED) is 0.648. The largest absolute Gasteiger partial charge is 0.351 e. The lowest BCUT2D eigenvalue weighted by atomic mass is 10.3. The number of nitrogens with zero attached hydrogens (tertiary/aromatic N) is 2. The van der Waals surface area contributed by atoms with Crippen LogP contribution in [0.3, 0.4) is 0 Å². The van der Waals surface area contributed by atoms with Crippen molar-refractivity contribution in [3.05, 3.63) is 65.2 Å². The summed E-state index contributed by atoms with van der Waals surface area (Å²) in [5.74, 6) is -0.537. The second kappa shape index (κ2) is 8.01. The number of nitrogens with one attached hydrogen (secondary N) is 2. The Bertz CT molecular complexity index is 934. The fourth-order valence-electron chi connectivity index (χ4n) is 2.55. The fraction of sp³-hybridized carbons (Fsp3) is 0.211. The minimum atomic E-state index is -0.402. The van der Waals surface area contributed by atoms with Crippen molar-refractivity contribution in [1.82, 2.24) is 14.7 Å². The summed E-state index contributed by atoms with van der Waals surface area (Å²) >= 11 is 5.86. The van der Waals surface area contributed by atoms with Crippen LogP contribution in [0.25, 0.3) is 5.52 Å². The van der Waals surface area contributed by atoms with Crippen LogP contribution >= 0.6 is 11.6 Å². The fourth-order valence-corrected chi connectivity index (χ4v) is 2.67. The zero-order chi connectivity index (χ0) is 18.5. The van der Waals surface area contributed by atoms with Crippen molar-refractivity contribution in [2.24, 2.45) is 0 Å². The molecule has 0 spiro atoms. The predicted octanol–water partition coefficient (Wildman–Crippen LogP) is 3.77. The summed E-state index contributed by atoms with van der Waals surface area (Å²) in [6.07, 6.45) is 3.59. The Hall–Kier alpha value is -2.86. The molecule has 3 aromatic rings. The summed E-state index contributed by atoms with van der Waals surface area (Å²) in [6, 6.07) is 12.1. The number of fused-ring (bicyclic) bond motifs is 1. The van der Waals surface area contributed by atoms with Crippen LogP contribution in [-0.4, -0.2) is 27.7 Å². The van der Waals surface area contributed by atoms with E-state index in [0.29, 0.717) is 22.8 Å². The number of benzene rings is 1. The number of anilines is 1. The number of hydrogen-bond donors (Lipinski definition) is 2. The van der Waals surface area contributed by atoms with Crippen molar-refractivity contribution in [1.29, 1.82) is 0 Å². The molecule has 0 aliphatic rings. The molecule has 2 heterocycles. The molecular formula is C19H19ClN4O2. The average molecular weight is 371 g/mol. The average Bonchev–Trinajstić information content (AvgIpc) is 3.04. The molecule has 0 bridgehead atoms. The molecule has 7 heteroatoms. The van der Waals surface area contributed by atoms with Crippen LogP contribution in [0, 0.1) is 0 Å². The summed E-state index contributed by atoms with van der Waals surface area (Å²) in [4.78, 5) is 29.4. The highest BCUT2D eigenvalue weighted by atomic mass is 35.5. The van der Waals surface area contributed by atoms with E-state index < -0.39 is 5.91 Å². The molecule has 0 aliphatic carbocycles. The van der Waals surface area contributed by atoms with E-state index >= 15 is 0 Å². The number of rotatable bonds is 6. The van der Waals surface area contributed by atoms with Gasteiger partial charge in [0.05, 0.1) is 5.52 Å². The van der Waals surface area contributed by atoms with Gasteiger partial charge in [0.2, 0.25) is 5.82 Å². The summed E-state index contributed by atoms with van der Waals surface area (Å²) in [6.45, 7) is 2.63. The van der Waals surface area contributed by atoms with Crippen LogP contribution in [0.5, 0.6) is 0 Å². The molecular weight excluding hydrogens is 352 g/mol. The molecule has 0 atom stereocenters. The van der Waals surface area contributed by atoms with Crippen LogP contribution in [0.4, 0.5) is 5.69 Å². The zero-order valence-electron chi connectivity index (χ0n) is 14.3. The van der Waals surface area contributed by atoms with Gasteiger partial charge in [0, 0.05) is 23.5 Å². The molecule has 1 aromatic carbocycles. The molecule has 0 aliphatic heterocycles. The Morgan fingerprint density at radius 3 is 2.62 bits per heavy atom. The molecule has 2 aromatic heterocycles. The molecule has 0 radical (unpaired) electrons. The third-order valence-corrected chi connectivity index (χ3v) is 4.14. The summed E-state index contributed by atoms with van der Waals surface area (Å²) in [7, 11) is 0. The Morgan fingerprint density at radius 2 is 1.88 bits per heavy atom. The van der Waals surface area contributed by atoms with Crippen molar-refractivity contribution < 1.29 is 9.59 Å². The van der Waals surface area contributed by atoms with Crippen LogP contribution in [0.15, 0.2) is 48.7 Å². The number of hydrogen-bond acceptors (Lipinski definition) is 3. The predicted molar refractivity (Wildman–Crippen MR) is 102 cm³/mol. The van der Waals surface area contributed by atoms with Crippen molar-refractivity contribution >= 4 is 34.6 Å². The van der Waals surface area contributed by atoms with Gasteiger partial charge in [-0.05, 0) is 42.8 Å². The highest BCUT2D eigenvalue weighted by Gasteiger charge is 2.21. The van der Waals surface area contributed by atoms with Gasteiger partial charge in [-0.25, -0.2) is 4.98 Å². The summed E-state index contributed by atoms with van der Waals surface area (Å²) in [5.41, 5.74) is 1.42. The van der Waals surface area contributed by atoms with E-state index in [2.05, 4.69) is 22.5 Å². The van der Waals surface area contributed by atoms with E-state index in [9.17, 15) is 9.59 Å². The van der Waals surface area contributed by atoms with Gasteiger partial charge in [-0.15, -0.1) is 0 Å². The van der Waals surface area contributed by atoms with Gasteiger partial charge in [0.15, 0.2) is 5.69 Å². The molecule has 0 unspecified atom stereocenters. The Labute approximate surface area is 156 Å². The lowest BCUT2D eigenvalue weighted by Gasteiger charge is -2.04. The van der Waals surface area contributed by atoms with Gasteiger partial charge in [0.25, 0.3) is 11.8 Å². The second-order valence-electron chi connectivity index (χ2n) is 5.81. The molecule has 0 saturated carbocycles. The van der Waals surface area contributed by atoms with E-state index in [1.165, 1.54) is 0 Å². The minimum Gasteiger partial charge on any atom is -0.351 e. The first-order valence-corrected chi connectivity index (χ1v) is 8.80. The Morgan fingerprint density at radius 1 is 1.12 bits per heavy atom. The zero-order valence-corrected chi connectivity index (χ0v) is 15.1. The van der Waals surface area contributed by atoms with Crippen molar-refractivity contribution in [3.8, 4) is 0 Å². The molecule has 26 heavy (non-hydrogen) atoms. The number of pyridine rings is 1. The molecule has 6 nitrogen and oxygen atoms in total. The molecule has 0 fully saturated rings. The first kappa shape index (κ1) is 17.9. The minimum absolute atomic E-state index is 0.149. The van der Waals surface area contributed by atoms with Crippen LogP contribution in [0.2, 0.25) is 5.02 Å². The smallest absolute Gasteiger partial charge is 0.292 e. The molecule has 2 N–H and O–H groups in total. The number of aromatic nitrogens is 2. The van der Waals surface area contributed by atoms with Gasteiger partial charge in [-0.3, -0.25) is 14.0 Å². The van der Waals surface area contributed by atoms with Gasteiger partial charge in [-0.1, -0.05) is 31.0 Å². The van der Waals surface area contributed by atoms with Gasteiger partial charge in [0.1, 0.15) is 0 Å². The molecule has 0 saturated heterocycles. The van der Waals surface area contributed by atoms with E-state index in [1.807, 2.05) is 0 Å². The molecule has 2 amide bonds. The second-order valence-corrected chi connectivity index (χ2v) is 6.25. The number of carbonyl (C=O) groups is 2. The normalized spacial score (nSPS) is 10.7. The first-order chi connectivity index (χ1) is 12.6. The van der Waals surface area contributed by atoms with E-state index in [-0.39, 0.29) is 17.4 Å². The number of amides is 2. The topological polar surface area (TPSA) is 75.5 Å². The van der Waals surface area contributed by atoms with Gasteiger partial charge < -0.3 is 10.6 Å². The Kier molecular flexibility index (Phi) is 5.53. The van der Waals surface area contributed by atoms with Crippen molar-refractivity contribution in [3.63, 3.8) is 0 Å². The summed E-state index contributed by atoms with van der Waals surface area (Å²) < 4.78 is 1.61. The highest BCUT2D eigenvalue weighted by Crippen LogP contribution is 2.17. The summed E-state index contributed by atoms with van der Waals surface area (Å²) in [5, 5.41) is 6.19. The Balaban J connectivity index is 1.89. The lowest BCUT2D eigenvalue weighted by Crippen LogP contribution is -2.25. The third-order valence-electron chi connectivity index (χ3n) is 3.88.